The Morgan fingerprint density at radius 1 is 1.70 bits per heavy atom. The van der Waals surface area contributed by atoms with E-state index >= 15 is 0 Å². The van der Waals surface area contributed by atoms with Crippen LogP contribution < -0.4 is 5.32 Å². The smallest absolute Gasteiger partial charge is 0.200 e. The maximum Gasteiger partial charge on any atom is 0.200 e. The first-order chi connectivity index (χ1) is 4.76. The molecule has 1 N–H and O–H groups in total. The summed E-state index contributed by atoms with van der Waals surface area (Å²) in [5.74, 6) is 0.560. The maximum atomic E-state index is 8.44. The SMILES string of the molecule is CCO/C(NC)=C(/C)C#N. The second kappa shape index (κ2) is 4.68. The quantitative estimate of drug-likeness (QED) is 0.470. The number of nitrogens with zero attached hydrogens (tertiary/aromatic N) is 1. The van der Waals surface area contributed by atoms with Crippen LogP contribution in [0.3, 0.4) is 0 Å². The Kier molecular flexibility index (Phi) is 4.14. The molecule has 0 aromatic heterocycles. The van der Waals surface area contributed by atoms with E-state index in [1.807, 2.05) is 13.0 Å². The standard InChI is InChI=1S/C7H12N2O/c1-4-10-7(9-3)6(2)5-8/h9H,4H2,1-3H3/b7-6-. The minimum absolute atomic E-state index is 0.560. The third-order valence-corrected chi connectivity index (χ3v) is 1.02. The zero-order chi connectivity index (χ0) is 7.98. The largest absolute Gasteiger partial charge is 0.479 e. The fraction of sp³-hybridized carbons (Fsp3) is 0.571. The lowest BCUT2D eigenvalue weighted by Gasteiger charge is -2.06. The van der Waals surface area contributed by atoms with Gasteiger partial charge in [0.25, 0.3) is 0 Å². The lowest BCUT2D eigenvalue weighted by atomic mass is 10.3. The number of nitrogens with one attached hydrogen (secondary N) is 1. The van der Waals surface area contributed by atoms with Crippen molar-refractivity contribution in [3.8, 4) is 6.07 Å². The summed E-state index contributed by atoms with van der Waals surface area (Å²) < 4.78 is 5.09. The second-order valence-corrected chi connectivity index (χ2v) is 1.75. The molecule has 0 aromatic carbocycles. The van der Waals surface area contributed by atoms with Crippen molar-refractivity contribution in [3.63, 3.8) is 0 Å². The van der Waals surface area contributed by atoms with Crippen LogP contribution in [0, 0.1) is 11.3 Å². The fourth-order valence-corrected chi connectivity index (χ4v) is 0.563. The fourth-order valence-electron chi connectivity index (χ4n) is 0.563. The number of rotatable bonds is 3. The van der Waals surface area contributed by atoms with Gasteiger partial charge in [-0.3, -0.25) is 0 Å². The normalized spacial score (nSPS) is 11.4. The Balaban J connectivity index is 4.18. The van der Waals surface area contributed by atoms with Gasteiger partial charge in [0.2, 0.25) is 0 Å². The third-order valence-electron chi connectivity index (χ3n) is 1.02. The molecule has 0 aliphatic carbocycles. The predicted molar refractivity (Wildman–Crippen MR) is 39.0 cm³/mol. The van der Waals surface area contributed by atoms with Crippen molar-refractivity contribution >= 4 is 0 Å². The summed E-state index contributed by atoms with van der Waals surface area (Å²) in [6, 6.07) is 1.99. The van der Waals surface area contributed by atoms with Gasteiger partial charge in [-0.05, 0) is 13.8 Å². The molecule has 3 nitrogen and oxygen atoms in total. The van der Waals surface area contributed by atoms with Crippen LogP contribution >= 0.6 is 0 Å². The molecule has 0 saturated heterocycles. The van der Waals surface area contributed by atoms with E-state index in [-0.39, 0.29) is 0 Å². The van der Waals surface area contributed by atoms with Crippen LogP contribution in [0.25, 0.3) is 0 Å². The van der Waals surface area contributed by atoms with Crippen molar-refractivity contribution in [1.82, 2.24) is 5.32 Å². The summed E-state index contributed by atoms with van der Waals surface area (Å²) in [4.78, 5) is 0. The van der Waals surface area contributed by atoms with Gasteiger partial charge in [-0.2, -0.15) is 5.26 Å². The van der Waals surface area contributed by atoms with E-state index in [1.54, 1.807) is 14.0 Å². The van der Waals surface area contributed by atoms with Gasteiger partial charge in [-0.25, -0.2) is 0 Å². The average molecular weight is 140 g/mol. The zero-order valence-corrected chi connectivity index (χ0v) is 6.56. The van der Waals surface area contributed by atoms with Crippen LogP contribution in [0.1, 0.15) is 13.8 Å². The van der Waals surface area contributed by atoms with E-state index in [9.17, 15) is 0 Å². The molecule has 3 heteroatoms. The van der Waals surface area contributed by atoms with Gasteiger partial charge >= 0.3 is 0 Å². The van der Waals surface area contributed by atoms with E-state index in [1.165, 1.54) is 0 Å². The molecule has 0 spiro atoms. The Hall–Kier alpha value is -1.17. The van der Waals surface area contributed by atoms with Crippen molar-refractivity contribution in [2.45, 2.75) is 13.8 Å². The van der Waals surface area contributed by atoms with Gasteiger partial charge < -0.3 is 10.1 Å². The Morgan fingerprint density at radius 3 is 2.60 bits per heavy atom. The number of hydrogen-bond donors (Lipinski definition) is 1. The highest BCUT2D eigenvalue weighted by atomic mass is 16.5. The molecule has 0 aromatic rings. The van der Waals surface area contributed by atoms with Gasteiger partial charge in [-0.1, -0.05) is 0 Å². The van der Waals surface area contributed by atoms with Crippen LogP contribution in [0.2, 0.25) is 0 Å². The van der Waals surface area contributed by atoms with Crippen molar-refractivity contribution in [3.05, 3.63) is 11.5 Å². The van der Waals surface area contributed by atoms with Crippen LogP contribution in [0.15, 0.2) is 11.5 Å². The molecular weight excluding hydrogens is 128 g/mol. The molecule has 0 unspecified atom stereocenters. The molecule has 0 aliphatic heterocycles. The van der Waals surface area contributed by atoms with Crippen molar-refractivity contribution in [2.24, 2.45) is 0 Å². The summed E-state index contributed by atoms with van der Waals surface area (Å²) in [7, 11) is 1.73. The van der Waals surface area contributed by atoms with Crippen molar-refractivity contribution < 1.29 is 4.74 Å². The third kappa shape index (κ3) is 2.40. The van der Waals surface area contributed by atoms with Gasteiger partial charge in [0, 0.05) is 7.05 Å². The highest BCUT2D eigenvalue weighted by Crippen LogP contribution is 1.99. The summed E-state index contributed by atoms with van der Waals surface area (Å²) in [6.45, 7) is 4.17. The van der Waals surface area contributed by atoms with Crippen molar-refractivity contribution in [2.75, 3.05) is 13.7 Å². The lowest BCUT2D eigenvalue weighted by Crippen LogP contribution is -2.11. The number of ether oxygens (including phenoxy) is 1. The average Bonchev–Trinajstić information content (AvgIpc) is 1.99. The molecule has 0 fully saturated rings. The molecule has 0 aliphatic rings. The van der Waals surface area contributed by atoms with E-state index in [0.29, 0.717) is 18.1 Å². The molecule has 0 heterocycles. The van der Waals surface area contributed by atoms with Gasteiger partial charge in [0.05, 0.1) is 18.2 Å². The lowest BCUT2D eigenvalue weighted by molar-refractivity contribution is 0.208. The van der Waals surface area contributed by atoms with E-state index in [2.05, 4.69) is 5.32 Å². The maximum absolute atomic E-state index is 8.44. The van der Waals surface area contributed by atoms with Gasteiger partial charge in [-0.15, -0.1) is 0 Å². The first kappa shape index (κ1) is 8.83. The number of nitriles is 1. The number of hydrogen-bond acceptors (Lipinski definition) is 3. The van der Waals surface area contributed by atoms with Crippen LogP contribution in [0.5, 0.6) is 0 Å². The van der Waals surface area contributed by atoms with E-state index < -0.39 is 0 Å². The minimum Gasteiger partial charge on any atom is -0.479 e. The summed E-state index contributed by atoms with van der Waals surface area (Å²) in [5.41, 5.74) is 0.573. The Labute approximate surface area is 61.3 Å². The zero-order valence-electron chi connectivity index (χ0n) is 6.56. The van der Waals surface area contributed by atoms with E-state index in [4.69, 9.17) is 10.00 Å². The molecule has 0 amide bonds. The molecule has 10 heavy (non-hydrogen) atoms. The Morgan fingerprint density at radius 2 is 2.30 bits per heavy atom. The molecule has 0 saturated carbocycles. The Bertz CT molecular complexity index is 167. The molecule has 0 radical (unpaired) electrons. The molecule has 56 valence electrons. The first-order valence-electron chi connectivity index (χ1n) is 3.17. The predicted octanol–water partition coefficient (Wildman–Crippen LogP) is 0.997. The van der Waals surface area contributed by atoms with Crippen molar-refractivity contribution in [1.29, 1.82) is 5.26 Å². The molecule has 0 rings (SSSR count). The topological polar surface area (TPSA) is 45.0 Å². The van der Waals surface area contributed by atoms with Gasteiger partial charge in [0.1, 0.15) is 0 Å². The highest BCUT2D eigenvalue weighted by molar-refractivity contribution is 5.20. The summed E-state index contributed by atoms with van der Waals surface area (Å²) in [5, 5.41) is 11.2. The van der Waals surface area contributed by atoms with Crippen LogP contribution in [-0.2, 0) is 4.74 Å². The summed E-state index contributed by atoms with van der Waals surface area (Å²) in [6.07, 6.45) is 0. The molecule has 0 bridgehead atoms. The molecular formula is C7H12N2O. The van der Waals surface area contributed by atoms with Crippen LogP contribution in [0.4, 0.5) is 0 Å². The molecule has 0 atom stereocenters. The number of allylic oxidation sites excluding steroid dienone is 1. The highest BCUT2D eigenvalue weighted by Gasteiger charge is 1.97. The second-order valence-electron chi connectivity index (χ2n) is 1.75. The van der Waals surface area contributed by atoms with Crippen LogP contribution in [-0.4, -0.2) is 13.7 Å². The summed E-state index contributed by atoms with van der Waals surface area (Å²) >= 11 is 0. The first-order valence-corrected chi connectivity index (χ1v) is 3.17. The monoisotopic (exact) mass is 140 g/mol. The minimum atomic E-state index is 0.560. The van der Waals surface area contributed by atoms with Gasteiger partial charge in [0.15, 0.2) is 5.88 Å². The van der Waals surface area contributed by atoms with E-state index in [0.717, 1.165) is 0 Å².